The highest BCUT2D eigenvalue weighted by atomic mass is 16.6. The number of carbonyl (C=O) groups excluding carboxylic acids is 2. The molecule has 0 aromatic carbocycles. The number of amides is 2. The lowest BCUT2D eigenvalue weighted by Crippen LogP contribution is -2.65. The number of nitrogens with zero attached hydrogens (tertiary/aromatic N) is 2. The van der Waals surface area contributed by atoms with Gasteiger partial charge in [-0.05, 0) is 6.92 Å². The van der Waals surface area contributed by atoms with Crippen LogP contribution in [0.4, 0.5) is 4.79 Å². The highest BCUT2D eigenvalue weighted by molar-refractivity contribution is 5.84. The molecule has 0 aliphatic carbocycles. The normalized spacial score (nSPS) is 39.5. The number of hydrogen-bond donors (Lipinski definition) is 4. The Hall–Kier alpha value is -1.99. The van der Waals surface area contributed by atoms with Gasteiger partial charge in [0.2, 0.25) is 0 Å². The minimum absolute atomic E-state index is 0.0194. The van der Waals surface area contributed by atoms with Crippen LogP contribution in [-0.2, 0) is 9.53 Å². The Labute approximate surface area is 120 Å². The summed E-state index contributed by atoms with van der Waals surface area (Å²) >= 11 is 0. The molecule has 2 amide bonds. The van der Waals surface area contributed by atoms with Crippen molar-refractivity contribution in [2.24, 2.45) is 0 Å². The lowest BCUT2D eigenvalue weighted by atomic mass is 9.87. The van der Waals surface area contributed by atoms with E-state index in [4.69, 9.17) is 9.84 Å². The molecule has 0 radical (unpaired) electrons. The predicted molar refractivity (Wildman–Crippen MR) is 66.3 cm³/mol. The van der Waals surface area contributed by atoms with Crippen molar-refractivity contribution in [1.82, 2.24) is 10.2 Å². The van der Waals surface area contributed by atoms with Gasteiger partial charge in [-0.25, -0.2) is 4.79 Å². The molecule has 0 bridgehead atoms. The Balaban J connectivity index is 2.54. The number of nitrogens with one attached hydrogen (secondary N) is 1. The van der Waals surface area contributed by atoms with Gasteiger partial charge in [-0.15, -0.1) is 0 Å². The van der Waals surface area contributed by atoms with Crippen LogP contribution in [-0.4, -0.2) is 69.2 Å². The molecule has 2 aliphatic heterocycles. The number of ether oxygens (including phenoxy) is 1. The van der Waals surface area contributed by atoms with Gasteiger partial charge in [0.05, 0.1) is 6.61 Å². The number of nitriles is 1. The molecular formula is C12H15N3O6. The lowest BCUT2D eigenvalue weighted by molar-refractivity contribution is -0.156. The standard InChI is InChI=1S/C12H15N3O6/c1-11(20)9(18)8(5-17)21-12(11,6-13)15-3-7(4-16)2-14-10(15)19/h3-4,8-9,17-18,20H,2,5H2,1H3,(H,14,19)/t8-,9-,11-,12-/m1/s1. The van der Waals surface area contributed by atoms with Gasteiger partial charge in [-0.3, -0.25) is 9.69 Å². The largest absolute Gasteiger partial charge is 0.394 e. The minimum Gasteiger partial charge on any atom is -0.394 e. The van der Waals surface area contributed by atoms with Crippen molar-refractivity contribution in [1.29, 1.82) is 5.26 Å². The minimum atomic E-state index is -2.27. The van der Waals surface area contributed by atoms with Crippen molar-refractivity contribution in [3.8, 4) is 6.07 Å². The molecule has 1 saturated heterocycles. The van der Waals surface area contributed by atoms with Gasteiger partial charge in [-0.1, -0.05) is 0 Å². The van der Waals surface area contributed by atoms with Crippen molar-refractivity contribution in [2.75, 3.05) is 13.2 Å². The molecule has 0 saturated carbocycles. The third kappa shape index (κ3) is 2.00. The number of aliphatic hydroxyl groups is 3. The second kappa shape index (κ2) is 5.09. The first kappa shape index (κ1) is 15.4. The number of aldehydes is 1. The summed E-state index contributed by atoms with van der Waals surface area (Å²) in [6.45, 7) is 0.446. The van der Waals surface area contributed by atoms with E-state index < -0.39 is 36.2 Å². The van der Waals surface area contributed by atoms with Crippen molar-refractivity contribution in [2.45, 2.75) is 30.5 Å². The molecule has 0 spiro atoms. The molecular weight excluding hydrogens is 282 g/mol. The van der Waals surface area contributed by atoms with Gasteiger partial charge in [0, 0.05) is 18.3 Å². The quantitative estimate of drug-likeness (QED) is 0.433. The lowest BCUT2D eigenvalue weighted by Gasteiger charge is -2.41. The Morgan fingerprint density at radius 3 is 2.86 bits per heavy atom. The van der Waals surface area contributed by atoms with E-state index in [-0.39, 0.29) is 12.1 Å². The molecule has 0 unspecified atom stereocenters. The van der Waals surface area contributed by atoms with E-state index >= 15 is 0 Å². The molecule has 2 aliphatic rings. The van der Waals surface area contributed by atoms with E-state index in [0.717, 1.165) is 18.0 Å². The maximum atomic E-state index is 12.0. The molecule has 21 heavy (non-hydrogen) atoms. The third-order valence-electron chi connectivity index (χ3n) is 3.72. The molecule has 9 nitrogen and oxygen atoms in total. The summed E-state index contributed by atoms with van der Waals surface area (Å²) in [5, 5.41) is 41.4. The van der Waals surface area contributed by atoms with Crippen LogP contribution in [0.2, 0.25) is 0 Å². The summed E-state index contributed by atoms with van der Waals surface area (Å²) in [5.74, 6) is 0. The second-order valence-electron chi connectivity index (χ2n) is 5.04. The fourth-order valence-electron chi connectivity index (χ4n) is 2.44. The summed E-state index contributed by atoms with van der Waals surface area (Å²) in [7, 11) is 0. The van der Waals surface area contributed by atoms with Crippen LogP contribution in [0.25, 0.3) is 0 Å². The first-order chi connectivity index (χ1) is 9.83. The summed E-state index contributed by atoms with van der Waals surface area (Å²) in [5.41, 5.74) is -4.28. The maximum Gasteiger partial charge on any atom is 0.324 e. The highest BCUT2D eigenvalue weighted by Crippen LogP contribution is 2.42. The van der Waals surface area contributed by atoms with Gasteiger partial charge in [0.25, 0.3) is 5.72 Å². The van der Waals surface area contributed by atoms with Gasteiger partial charge in [0.1, 0.15) is 24.6 Å². The first-order valence-corrected chi connectivity index (χ1v) is 6.17. The molecule has 1 fully saturated rings. The van der Waals surface area contributed by atoms with Gasteiger partial charge in [0.15, 0.2) is 5.60 Å². The zero-order valence-electron chi connectivity index (χ0n) is 11.2. The number of urea groups is 1. The van der Waals surface area contributed by atoms with Crippen LogP contribution < -0.4 is 5.32 Å². The topological polar surface area (TPSA) is 143 Å². The van der Waals surface area contributed by atoms with Crippen LogP contribution in [0.5, 0.6) is 0 Å². The Kier molecular flexibility index (Phi) is 3.73. The Morgan fingerprint density at radius 2 is 2.38 bits per heavy atom. The molecule has 4 N–H and O–H groups in total. The van der Waals surface area contributed by atoms with Gasteiger partial charge >= 0.3 is 6.03 Å². The van der Waals surface area contributed by atoms with E-state index in [9.17, 15) is 25.1 Å². The zero-order valence-corrected chi connectivity index (χ0v) is 11.2. The first-order valence-electron chi connectivity index (χ1n) is 6.17. The molecule has 2 rings (SSSR count). The van der Waals surface area contributed by atoms with Crippen LogP contribution >= 0.6 is 0 Å². The van der Waals surface area contributed by atoms with Crippen molar-refractivity contribution < 1.29 is 29.6 Å². The number of hydrogen-bond acceptors (Lipinski definition) is 7. The molecule has 0 aromatic heterocycles. The average molecular weight is 297 g/mol. The summed E-state index contributed by atoms with van der Waals surface area (Å²) in [6.07, 6.45) is -1.27. The van der Waals surface area contributed by atoms with Crippen LogP contribution in [0.15, 0.2) is 11.8 Å². The predicted octanol–water partition coefficient (Wildman–Crippen LogP) is -2.18. The molecule has 9 heteroatoms. The second-order valence-corrected chi connectivity index (χ2v) is 5.04. The maximum absolute atomic E-state index is 12.0. The number of rotatable bonds is 3. The molecule has 114 valence electrons. The smallest absolute Gasteiger partial charge is 0.324 e. The fourth-order valence-corrected chi connectivity index (χ4v) is 2.44. The monoisotopic (exact) mass is 297 g/mol. The SMILES string of the molecule is C[C@@]1(O)[C@H](O)[C@@H](CO)O[C@@]1(C#N)N1C=C(C=O)CNC1=O. The summed E-state index contributed by atoms with van der Waals surface area (Å²) in [4.78, 5) is 23.5. The third-order valence-corrected chi connectivity index (χ3v) is 3.72. The summed E-state index contributed by atoms with van der Waals surface area (Å²) in [6, 6.07) is 0.898. The highest BCUT2D eigenvalue weighted by Gasteiger charge is 2.67. The molecule has 2 heterocycles. The van der Waals surface area contributed by atoms with E-state index in [0.29, 0.717) is 6.29 Å². The van der Waals surface area contributed by atoms with Gasteiger partial charge in [-0.2, -0.15) is 5.26 Å². The van der Waals surface area contributed by atoms with Gasteiger partial charge < -0.3 is 25.4 Å². The van der Waals surface area contributed by atoms with E-state index in [2.05, 4.69) is 5.32 Å². The van der Waals surface area contributed by atoms with E-state index in [1.807, 2.05) is 0 Å². The van der Waals surface area contributed by atoms with Crippen LogP contribution in [0.1, 0.15) is 6.92 Å². The van der Waals surface area contributed by atoms with Crippen LogP contribution in [0.3, 0.4) is 0 Å². The Morgan fingerprint density at radius 1 is 1.71 bits per heavy atom. The molecule has 0 aromatic rings. The fraction of sp³-hybridized carbons (Fsp3) is 0.583. The Bertz CT molecular complexity index is 540. The van der Waals surface area contributed by atoms with Crippen LogP contribution in [0, 0.1) is 11.3 Å². The zero-order chi connectivity index (χ0) is 15.8. The number of carbonyl (C=O) groups is 2. The van der Waals surface area contributed by atoms with Crippen molar-refractivity contribution in [3.63, 3.8) is 0 Å². The molecule has 4 atom stereocenters. The van der Waals surface area contributed by atoms with Crippen molar-refractivity contribution >= 4 is 12.3 Å². The van der Waals surface area contributed by atoms with E-state index in [1.54, 1.807) is 6.07 Å². The van der Waals surface area contributed by atoms with Crippen molar-refractivity contribution in [3.05, 3.63) is 11.8 Å². The summed E-state index contributed by atoms with van der Waals surface area (Å²) < 4.78 is 5.27. The van der Waals surface area contributed by atoms with E-state index in [1.165, 1.54) is 0 Å². The number of aliphatic hydroxyl groups excluding tert-OH is 2. The average Bonchev–Trinajstić information content (AvgIpc) is 2.68.